The average molecular weight is 471 g/mol. The highest BCUT2D eigenvalue weighted by Gasteiger charge is 2.25. The number of rotatable bonds is 6. The van der Waals surface area contributed by atoms with Crippen molar-refractivity contribution in [2.24, 2.45) is 0 Å². The molecule has 4 aromatic rings. The Bertz CT molecular complexity index is 1510. The van der Waals surface area contributed by atoms with E-state index in [-0.39, 0.29) is 22.6 Å². The van der Waals surface area contributed by atoms with Gasteiger partial charge in [0.15, 0.2) is 11.5 Å². The number of sulfone groups is 1. The van der Waals surface area contributed by atoms with Gasteiger partial charge in [-0.05, 0) is 36.4 Å². The Morgan fingerprint density at radius 3 is 2.18 bits per heavy atom. The van der Waals surface area contributed by atoms with Gasteiger partial charge in [0.05, 0.1) is 36.6 Å². The normalized spacial score (nSPS) is 11.5. The second kappa shape index (κ2) is 8.67. The Morgan fingerprint density at radius 1 is 0.909 bits per heavy atom. The highest BCUT2D eigenvalue weighted by molar-refractivity contribution is 7.91. The first kappa shape index (κ1) is 22.5. The van der Waals surface area contributed by atoms with Crippen LogP contribution in [0, 0.1) is 11.6 Å². The minimum atomic E-state index is -4.30. The zero-order valence-corrected chi connectivity index (χ0v) is 18.5. The Labute approximate surface area is 188 Å². The molecule has 0 aliphatic rings. The number of benzene rings is 3. The second-order valence-electron chi connectivity index (χ2n) is 7.22. The lowest BCUT2D eigenvalue weighted by atomic mass is 10.1. The second-order valence-corrected chi connectivity index (χ2v) is 9.14. The van der Waals surface area contributed by atoms with Gasteiger partial charge in [-0.25, -0.2) is 17.2 Å². The third kappa shape index (κ3) is 4.07. The number of fused-ring (bicyclic) bond motifs is 1. The molecule has 9 heteroatoms. The summed E-state index contributed by atoms with van der Waals surface area (Å²) in [5.74, 6) is -0.536. The maximum atomic E-state index is 14.4. The van der Waals surface area contributed by atoms with E-state index in [9.17, 15) is 22.0 Å². The van der Waals surface area contributed by atoms with Crippen LogP contribution in [-0.2, 0) is 16.4 Å². The molecule has 33 heavy (non-hydrogen) atoms. The van der Waals surface area contributed by atoms with Gasteiger partial charge >= 0.3 is 0 Å². The van der Waals surface area contributed by atoms with E-state index in [0.29, 0.717) is 16.8 Å². The van der Waals surface area contributed by atoms with Crippen LogP contribution in [0.25, 0.3) is 10.9 Å². The van der Waals surface area contributed by atoms with Crippen molar-refractivity contribution in [1.82, 2.24) is 4.57 Å². The Morgan fingerprint density at radius 2 is 1.55 bits per heavy atom. The van der Waals surface area contributed by atoms with E-state index in [0.717, 1.165) is 24.3 Å². The summed E-state index contributed by atoms with van der Waals surface area (Å²) in [5, 5.41) is 0.0483. The van der Waals surface area contributed by atoms with Crippen LogP contribution < -0.4 is 14.9 Å². The van der Waals surface area contributed by atoms with E-state index >= 15 is 0 Å². The SMILES string of the molecule is COc1cc2c(=O)c(S(=O)(=O)c3ccc(F)cc3)cn(Cc3ccccc3F)c2cc1OC. The minimum Gasteiger partial charge on any atom is -0.493 e. The molecule has 6 nitrogen and oxygen atoms in total. The lowest BCUT2D eigenvalue weighted by molar-refractivity contribution is 0.355. The van der Waals surface area contributed by atoms with Gasteiger partial charge in [0.25, 0.3) is 0 Å². The van der Waals surface area contributed by atoms with Crippen LogP contribution in [0.15, 0.2) is 81.4 Å². The fourth-order valence-electron chi connectivity index (χ4n) is 3.56. The summed E-state index contributed by atoms with van der Waals surface area (Å²) < 4.78 is 66.4. The lowest BCUT2D eigenvalue weighted by Crippen LogP contribution is -2.20. The van der Waals surface area contributed by atoms with Gasteiger partial charge in [-0.2, -0.15) is 0 Å². The summed E-state index contributed by atoms with van der Waals surface area (Å²) in [4.78, 5) is 12.6. The van der Waals surface area contributed by atoms with E-state index in [1.807, 2.05) is 0 Å². The zero-order chi connectivity index (χ0) is 23.8. The van der Waals surface area contributed by atoms with E-state index in [1.165, 1.54) is 43.2 Å². The monoisotopic (exact) mass is 471 g/mol. The third-order valence-electron chi connectivity index (χ3n) is 5.26. The first-order chi connectivity index (χ1) is 15.8. The minimum absolute atomic E-state index is 0.0483. The molecule has 0 aliphatic heterocycles. The Hall–Kier alpha value is -3.72. The third-order valence-corrected chi connectivity index (χ3v) is 7.03. The number of methoxy groups -OCH3 is 2. The Kier molecular flexibility index (Phi) is 5.90. The Balaban J connectivity index is 2.04. The van der Waals surface area contributed by atoms with Crippen molar-refractivity contribution in [2.45, 2.75) is 16.3 Å². The highest BCUT2D eigenvalue weighted by Crippen LogP contribution is 2.32. The first-order valence-corrected chi connectivity index (χ1v) is 11.3. The smallest absolute Gasteiger partial charge is 0.211 e. The van der Waals surface area contributed by atoms with Crippen molar-refractivity contribution >= 4 is 20.7 Å². The fourth-order valence-corrected chi connectivity index (χ4v) is 4.93. The van der Waals surface area contributed by atoms with Gasteiger partial charge in [0, 0.05) is 17.8 Å². The molecule has 0 aliphatic carbocycles. The molecule has 3 aromatic carbocycles. The van der Waals surface area contributed by atoms with Crippen LogP contribution in [0.5, 0.6) is 11.5 Å². The van der Waals surface area contributed by atoms with E-state index < -0.39 is 31.8 Å². The van der Waals surface area contributed by atoms with Crippen molar-refractivity contribution < 1.29 is 26.7 Å². The first-order valence-electron chi connectivity index (χ1n) is 9.79. The summed E-state index contributed by atoms with van der Waals surface area (Å²) in [6.07, 6.45) is 1.17. The molecule has 170 valence electrons. The lowest BCUT2D eigenvalue weighted by Gasteiger charge is -2.17. The van der Waals surface area contributed by atoms with Gasteiger partial charge in [-0.3, -0.25) is 4.79 Å². The standard InChI is InChI=1S/C24H19F2NO5S/c1-31-21-11-18-20(12-22(21)32-2)27(13-15-5-3-4-6-19(15)26)14-23(24(18)28)33(29,30)17-9-7-16(25)8-10-17/h3-12,14H,13H2,1-2H3. The van der Waals surface area contributed by atoms with Gasteiger partial charge in [-0.1, -0.05) is 18.2 Å². The zero-order valence-electron chi connectivity index (χ0n) is 17.7. The van der Waals surface area contributed by atoms with Crippen molar-refractivity contribution in [3.8, 4) is 11.5 Å². The van der Waals surface area contributed by atoms with Crippen molar-refractivity contribution in [1.29, 1.82) is 0 Å². The molecule has 0 amide bonds. The molecular weight excluding hydrogens is 452 g/mol. The molecule has 0 unspecified atom stereocenters. The number of halogens is 2. The van der Waals surface area contributed by atoms with Gasteiger partial charge in [0.1, 0.15) is 16.5 Å². The molecule has 0 fully saturated rings. The molecule has 0 radical (unpaired) electrons. The molecule has 0 saturated heterocycles. The molecule has 0 saturated carbocycles. The van der Waals surface area contributed by atoms with Crippen LogP contribution in [0.1, 0.15) is 5.56 Å². The van der Waals surface area contributed by atoms with Crippen molar-refractivity contribution in [2.75, 3.05) is 14.2 Å². The van der Waals surface area contributed by atoms with E-state index in [1.54, 1.807) is 18.2 Å². The van der Waals surface area contributed by atoms with Gasteiger partial charge in [0.2, 0.25) is 15.3 Å². The van der Waals surface area contributed by atoms with Crippen LogP contribution in [-0.4, -0.2) is 27.2 Å². The molecule has 4 rings (SSSR count). The average Bonchev–Trinajstić information content (AvgIpc) is 2.81. The summed E-state index contributed by atoms with van der Waals surface area (Å²) in [5.41, 5.74) is -0.138. The summed E-state index contributed by atoms with van der Waals surface area (Å²) >= 11 is 0. The summed E-state index contributed by atoms with van der Waals surface area (Å²) in [6.45, 7) is -0.0507. The highest BCUT2D eigenvalue weighted by atomic mass is 32.2. The molecule has 0 atom stereocenters. The van der Waals surface area contributed by atoms with Crippen molar-refractivity contribution in [3.63, 3.8) is 0 Å². The number of hydrogen-bond donors (Lipinski definition) is 0. The summed E-state index contributed by atoms with van der Waals surface area (Å²) in [6, 6.07) is 13.1. The number of aromatic nitrogens is 1. The molecule has 1 aromatic heterocycles. The number of ether oxygens (including phenoxy) is 2. The van der Waals surface area contributed by atoms with E-state index in [2.05, 4.69) is 0 Å². The molecule has 0 spiro atoms. The molecule has 0 bridgehead atoms. The van der Waals surface area contributed by atoms with Gasteiger partial charge in [-0.15, -0.1) is 0 Å². The van der Waals surface area contributed by atoms with Gasteiger partial charge < -0.3 is 14.0 Å². The predicted molar refractivity (Wildman–Crippen MR) is 119 cm³/mol. The maximum Gasteiger partial charge on any atom is 0.211 e. The predicted octanol–water partition coefficient (Wildman–Crippen LogP) is 4.18. The number of pyridine rings is 1. The van der Waals surface area contributed by atoms with Crippen molar-refractivity contribution in [3.05, 3.63) is 94.3 Å². The van der Waals surface area contributed by atoms with Crippen LogP contribution in [0.3, 0.4) is 0 Å². The molecule has 1 heterocycles. The molecular formula is C24H19F2NO5S. The molecule has 0 N–H and O–H groups in total. The maximum absolute atomic E-state index is 14.4. The van der Waals surface area contributed by atoms with Crippen LogP contribution >= 0.6 is 0 Å². The van der Waals surface area contributed by atoms with E-state index in [4.69, 9.17) is 9.47 Å². The topological polar surface area (TPSA) is 74.6 Å². The largest absolute Gasteiger partial charge is 0.493 e. The fraction of sp³-hybridized carbons (Fsp3) is 0.125. The van der Waals surface area contributed by atoms with Crippen LogP contribution in [0.2, 0.25) is 0 Å². The quantitative estimate of drug-likeness (QED) is 0.395. The van der Waals surface area contributed by atoms with Crippen LogP contribution in [0.4, 0.5) is 8.78 Å². The number of nitrogens with zero attached hydrogens (tertiary/aromatic N) is 1. The summed E-state index contributed by atoms with van der Waals surface area (Å²) in [7, 11) is -1.49. The number of hydrogen-bond acceptors (Lipinski definition) is 5.